The SMILES string of the molecule is CNC(=O)C(C)(C)CNCc1ccc(F)cc1. The molecular formula is C13H19FN2O. The number of rotatable bonds is 5. The molecule has 0 saturated heterocycles. The maximum Gasteiger partial charge on any atom is 0.226 e. The normalized spacial score (nSPS) is 11.3. The second kappa shape index (κ2) is 5.77. The van der Waals surface area contributed by atoms with Gasteiger partial charge in [-0.15, -0.1) is 0 Å². The number of hydrogen-bond donors (Lipinski definition) is 2. The number of hydrogen-bond acceptors (Lipinski definition) is 2. The van der Waals surface area contributed by atoms with Gasteiger partial charge in [-0.05, 0) is 31.5 Å². The van der Waals surface area contributed by atoms with Crippen LogP contribution in [0, 0.1) is 11.2 Å². The Morgan fingerprint density at radius 1 is 1.29 bits per heavy atom. The molecule has 17 heavy (non-hydrogen) atoms. The fourth-order valence-electron chi connectivity index (χ4n) is 1.54. The van der Waals surface area contributed by atoms with Gasteiger partial charge in [0.2, 0.25) is 5.91 Å². The van der Waals surface area contributed by atoms with Gasteiger partial charge >= 0.3 is 0 Å². The van der Waals surface area contributed by atoms with Gasteiger partial charge in [-0.2, -0.15) is 0 Å². The first-order chi connectivity index (χ1) is 7.95. The quantitative estimate of drug-likeness (QED) is 0.819. The molecule has 0 spiro atoms. The highest BCUT2D eigenvalue weighted by atomic mass is 19.1. The van der Waals surface area contributed by atoms with Gasteiger partial charge in [0.05, 0.1) is 5.41 Å². The van der Waals surface area contributed by atoms with Crippen molar-refractivity contribution in [3.63, 3.8) is 0 Å². The fourth-order valence-corrected chi connectivity index (χ4v) is 1.54. The molecule has 0 aliphatic heterocycles. The Bertz CT molecular complexity index is 374. The lowest BCUT2D eigenvalue weighted by molar-refractivity contribution is -0.128. The third-order valence-electron chi connectivity index (χ3n) is 2.65. The maximum atomic E-state index is 12.7. The van der Waals surface area contributed by atoms with Crippen LogP contribution in [0.3, 0.4) is 0 Å². The molecule has 0 fully saturated rings. The predicted molar refractivity (Wildman–Crippen MR) is 66.0 cm³/mol. The van der Waals surface area contributed by atoms with E-state index in [0.717, 1.165) is 5.56 Å². The molecule has 0 bridgehead atoms. The van der Waals surface area contributed by atoms with Crippen molar-refractivity contribution in [2.24, 2.45) is 5.41 Å². The molecule has 2 N–H and O–H groups in total. The van der Waals surface area contributed by atoms with Crippen LogP contribution in [-0.4, -0.2) is 19.5 Å². The fraction of sp³-hybridized carbons (Fsp3) is 0.462. The third kappa shape index (κ3) is 4.15. The van der Waals surface area contributed by atoms with Crippen molar-refractivity contribution in [3.05, 3.63) is 35.6 Å². The van der Waals surface area contributed by atoms with Gasteiger partial charge in [-0.1, -0.05) is 12.1 Å². The zero-order chi connectivity index (χ0) is 12.9. The Balaban J connectivity index is 2.42. The summed E-state index contributed by atoms with van der Waals surface area (Å²) in [6.07, 6.45) is 0. The van der Waals surface area contributed by atoms with E-state index in [0.29, 0.717) is 13.1 Å². The van der Waals surface area contributed by atoms with Crippen molar-refractivity contribution in [2.75, 3.05) is 13.6 Å². The summed E-state index contributed by atoms with van der Waals surface area (Å²) in [6, 6.07) is 6.33. The van der Waals surface area contributed by atoms with Crippen molar-refractivity contribution in [2.45, 2.75) is 20.4 Å². The number of halogens is 1. The molecule has 1 aromatic carbocycles. The molecule has 1 rings (SSSR count). The van der Waals surface area contributed by atoms with E-state index >= 15 is 0 Å². The van der Waals surface area contributed by atoms with Crippen molar-refractivity contribution in [3.8, 4) is 0 Å². The van der Waals surface area contributed by atoms with Crippen LogP contribution in [0.5, 0.6) is 0 Å². The number of nitrogens with one attached hydrogen (secondary N) is 2. The van der Waals surface area contributed by atoms with E-state index in [2.05, 4.69) is 10.6 Å². The standard InChI is InChI=1S/C13H19FN2O/c1-13(2,12(17)15-3)9-16-8-10-4-6-11(14)7-5-10/h4-7,16H,8-9H2,1-3H3,(H,15,17). The summed E-state index contributed by atoms with van der Waals surface area (Å²) in [5, 5.41) is 5.83. The highest BCUT2D eigenvalue weighted by Crippen LogP contribution is 2.13. The third-order valence-corrected chi connectivity index (χ3v) is 2.65. The smallest absolute Gasteiger partial charge is 0.226 e. The van der Waals surface area contributed by atoms with E-state index in [4.69, 9.17) is 0 Å². The van der Waals surface area contributed by atoms with Gasteiger partial charge in [0, 0.05) is 20.1 Å². The molecule has 4 heteroatoms. The van der Waals surface area contributed by atoms with E-state index < -0.39 is 5.41 Å². The van der Waals surface area contributed by atoms with Gasteiger partial charge < -0.3 is 10.6 Å². The monoisotopic (exact) mass is 238 g/mol. The van der Waals surface area contributed by atoms with Gasteiger partial charge in [-0.3, -0.25) is 4.79 Å². The van der Waals surface area contributed by atoms with Crippen LogP contribution in [0.2, 0.25) is 0 Å². The Kier molecular flexibility index (Phi) is 4.63. The second-order valence-electron chi connectivity index (χ2n) is 4.69. The molecular weight excluding hydrogens is 219 g/mol. The molecule has 1 amide bonds. The predicted octanol–water partition coefficient (Wildman–Crippen LogP) is 1.69. The Labute approximate surface area is 101 Å². The van der Waals surface area contributed by atoms with E-state index in [-0.39, 0.29) is 11.7 Å². The van der Waals surface area contributed by atoms with E-state index in [9.17, 15) is 9.18 Å². The lowest BCUT2D eigenvalue weighted by Gasteiger charge is -2.22. The summed E-state index contributed by atoms with van der Waals surface area (Å²) in [4.78, 5) is 11.5. The summed E-state index contributed by atoms with van der Waals surface area (Å²) in [6.45, 7) is 4.96. The summed E-state index contributed by atoms with van der Waals surface area (Å²) in [5.74, 6) is -0.233. The van der Waals surface area contributed by atoms with Crippen LogP contribution in [0.4, 0.5) is 4.39 Å². The molecule has 0 aromatic heterocycles. The van der Waals surface area contributed by atoms with Crippen LogP contribution < -0.4 is 10.6 Å². The minimum Gasteiger partial charge on any atom is -0.359 e. The average molecular weight is 238 g/mol. The minimum absolute atomic E-state index is 0.00380. The Morgan fingerprint density at radius 3 is 2.41 bits per heavy atom. The van der Waals surface area contributed by atoms with Crippen molar-refractivity contribution in [1.29, 1.82) is 0 Å². The first kappa shape index (κ1) is 13.6. The maximum absolute atomic E-state index is 12.7. The summed E-state index contributed by atoms with van der Waals surface area (Å²) >= 11 is 0. The van der Waals surface area contributed by atoms with Gasteiger partial charge in [0.15, 0.2) is 0 Å². The Hall–Kier alpha value is -1.42. The molecule has 3 nitrogen and oxygen atoms in total. The molecule has 0 unspecified atom stereocenters. The van der Waals surface area contributed by atoms with Crippen molar-refractivity contribution in [1.82, 2.24) is 10.6 Å². The molecule has 94 valence electrons. The van der Waals surface area contributed by atoms with Crippen LogP contribution >= 0.6 is 0 Å². The van der Waals surface area contributed by atoms with Crippen molar-refractivity contribution >= 4 is 5.91 Å². The van der Waals surface area contributed by atoms with Gasteiger partial charge in [0.25, 0.3) is 0 Å². The lowest BCUT2D eigenvalue weighted by Crippen LogP contribution is -2.41. The summed E-state index contributed by atoms with van der Waals surface area (Å²) < 4.78 is 12.7. The van der Waals surface area contributed by atoms with Crippen LogP contribution in [0.25, 0.3) is 0 Å². The number of carbonyl (C=O) groups is 1. The topological polar surface area (TPSA) is 41.1 Å². The highest BCUT2D eigenvalue weighted by Gasteiger charge is 2.25. The van der Waals surface area contributed by atoms with E-state index in [1.165, 1.54) is 12.1 Å². The van der Waals surface area contributed by atoms with Crippen LogP contribution in [-0.2, 0) is 11.3 Å². The second-order valence-corrected chi connectivity index (χ2v) is 4.69. The number of amides is 1. The minimum atomic E-state index is -0.450. The molecule has 0 radical (unpaired) electrons. The lowest BCUT2D eigenvalue weighted by atomic mass is 9.92. The van der Waals surface area contributed by atoms with E-state index in [1.807, 2.05) is 13.8 Å². The molecule has 1 aromatic rings. The van der Waals surface area contributed by atoms with Crippen LogP contribution in [0.1, 0.15) is 19.4 Å². The number of carbonyl (C=O) groups excluding carboxylic acids is 1. The number of benzene rings is 1. The first-order valence-corrected chi connectivity index (χ1v) is 5.63. The summed E-state index contributed by atoms with van der Waals surface area (Å²) in [5.41, 5.74) is 0.550. The highest BCUT2D eigenvalue weighted by molar-refractivity contribution is 5.81. The molecule has 0 atom stereocenters. The molecule has 0 saturated carbocycles. The zero-order valence-corrected chi connectivity index (χ0v) is 10.5. The van der Waals surface area contributed by atoms with Crippen LogP contribution in [0.15, 0.2) is 24.3 Å². The first-order valence-electron chi connectivity index (χ1n) is 5.63. The largest absolute Gasteiger partial charge is 0.359 e. The Morgan fingerprint density at radius 2 is 1.88 bits per heavy atom. The molecule has 0 aliphatic carbocycles. The average Bonchev–Trinajstić information content (AvgIpc) is 2.30. The van der Waals surface area contributed by atoms with Gasteiger partial charge in [-0.25, -0.2) is 4.39 Å². The molecule has 0 aliphatic rings. The van der Waals surface area contributed by atoms with E-state index in [1.54, 1.807) is 19.2 Å². The van der Waals surface area contributed by atoms with Gasteiger partial charge in [0.1, 0.15) is 5.82 Å². The summed E-state index contributed by atoms with van der Waals surface area (Å²) in [7, 11) is 1.63. The van der Waals surface area contributed by atoms with Crippen molar-refractivity contribution < 1.29 is 9.18 Å². The zero-order valence-electron chi connectivity index (χ0n) is 10.5. The molecule has 0 heterocycles.